The number of hydrogen-bond acceptors (Lipinski definition) is 4. The van der Waals surface area contributed by atoms with Gasteiger partial charge in [0.1, 0.15) is 0 Å². The highest BCUT2D eigenvalue weighted by atomic mass is 16.5. The van der Waals surface area contributed by atoms with Gasteiger partial charge in [0.25, 0.3) is 0 Å². The third-order valence-electron chi connectivity index (χ3n) is 3.76. The average molecular weight is 257 g/mol. The van der Waals surface area contributed by atoms with Crippen LogP contribution in [0.15, 0.2) is 30.5 Å². The molecule has 1 aliphatic heterocycles. The largest absolute Gasteiger partial charge is 0.378 e. The van der Waals surface area contributed by atoms with Crippen LogP contribution in [0.3, 0.4) is 0 Å². The number of rotatable bonds is 4. The molecule has 4 nitrogen and oxygen atoms in total. The minimum Gasteiger partial charge on any atom is -0.378 e. The van der Waals surface area contributed by atoms with Crippen molar-refractivity contribution in [2.75, 3.05) is 18.5 Å². The van der Waals surface area contributed by atoms with Gasteiger partial charge in [-0.2, -0.15) is 0 Å². The minimum atomic E-state index is 0.382. The van der Waals surface area contributed by atoms with Crippen molar-refractivity contribution < 1.29 is 4.74 Å². The van der Waals surface area contributed by atoms with E-state index >= 15 is 0 Å². The maximum atomic E-state index is 5.69. The third kappa shape index (κ3) is 2.68. The zero-order chi connectivity index (χ0) is 13.1. The van der Waals surface area contributed by atoms with E-state index in [4.69, 9.17) is 4.74 Å². The lowest BCUT2D eigenvalue weighted by molar-refractivity contribution is 0.0900. The number of anilines is 1. The number of ether oxygens (including phenoxy) is 1. The van der Waals surface area contributed by atoms with E-state index in [2.05, 4.69) is 22.2 Å². The third-order valence-corrected chi connectivity index (χ3v) is 3.76. The lowest BCUT2D eigenvalue weighted by Gasteiger charge is -2.17. The van der Waals surface area contributed by atoms with Gasteiger partial charge in [-0.15, -0.1) is 0 Å². The molecular formula is C15H19N3O. The smallest absolute Gasteiger partial charge is 0.223 e. The van der Waals surface area contributed by atoms with E-state index in [9.17, 15) is 0 Å². The molecule has 1 saturated heterocycles. The summed E-state index contributed by atoms with van der Waals surface area (Å²) in [6.45, 7) is 3.94. The summed E-state index contributed by atoms with van der Waals surface area (Å²) in [7, 11) is 0. The van der Waals surface area contributed by atoms with Gasteiger partial charge in [-0.25, -0.2) is 9.97 Å². The quantitative estimate of drug-likeness (QED) is 0.915. The first-order valence-electron chi connectivity index (χ1n) is 6.94. The van der Waals surface area contributed by atoms with E-state index in [1.807, 2.05) is 30.5 Å². The molecule has 4 heteroatoms. The summed E-state index contributed by atoms with van der Waals surface area (Å²) in [6.07, 6.45) is 4.45. The molecule has 0 saturated carbocycles. The predicted octanol–water partition coefficient (Wildman–Crippen LogP) is 2.86. The number of para-hydroxylation sites is 1. The summed E-state index contributed by atoms with van der Waals surface area (Å²) in [4.78, 5) is 8.88. The Balaban J connectivity index is 1.68. The second-order valence-corrected chi connectivity index (χ2v) is 5.00. The number of nitrogens with zero attached hydrogens (tertiary/aromatic N) is 2. The highest BCUT2D eigenvalue weighted by molar-refractivity contribution is 5.78. The molecule has 0 aliphatic carbocycles. The highest BCUT2D eigenvalue weighted by Gasteiger charge is 2.26. The molecule has 2 heterocycles. The van der Waals surface area contributed by atoms with Crippen LogP contribution in [-0.2, 0) is 4.74 Å². The first-order valence-corrected chi connectivity index (χ1v) is 6.94. The normalized spacial score (nSPS) is 22.8. The van der Waals surface area contributed by atoms with Gasteiger partial charge in [0, 0.05) is 30.7 Å². The van der Waals surface area contributed by atoms with E-state index in [0.717, 1.165) is 36.9 Å². The van der Waals surface area contributed by atoms with Crippen LogP contribution in [0.5, 0.6) is 0 Å². The zero-order valence-electron chi connectivity index (χ0n) is 11.2. The van der Waals surface area contributed by atoms with Crippen LogP contribution < -0.4 is 5.32 Å². The van der Waals surface area contributed by atoms with Crippen molar-refractivity contribution in [3.8, 4) is 0 Å². The van der Waals surface area contributed by atoms with Crippen molar-refractivity contribution in [1.82, 2.24) is 9.97 Å². The Bertz CT molecular complexity index is 558. The predicted molar refractivity (Wildman–Crippen MR) is 76.2 cm³/mol. The molecule has 1 fully saturated rings. The monoisotopic (exact) mass is 257 g/mol. The fraction of sp³-hybridized carbons (Fsp3) is 0.467. The minimum absolute atomic E-state index is 0.382. The standard InChI is InChI=1S/C15H19N3O/c1-2-14-12(7-8-19-14)10-17-15-16-9-11-5-3-4-6-13(11)18-15/h3-6,9,12,14H,2,7-8,10H2,1H3,(H,16,17,18). The van der Waals surface area contributed by atoms with Crippen LogP contribution in [0.25, 0.3) is 10.9 Å². The molecular weight excluding hydrogens is 238 g/mol. The number of hydrogen-bond donors (Lipinski definition) is 1. The van der Waals surface area contributed by atoms with Gasteiger partial charge in [0.2, 0.25) is 5.95 Å². The molecule has 1 aromatic carbocycles. The van der Waals surface area contributed by atoms with Crippen LogP contribution in [0.2, 0.25) is 0 Å². The van der Waals surface area contributed by atoms with Crippen LogP contribution in [0.1, 0.15) is 19.8 Å². The van der Waals surface area contributed by atoms with Crippen LogP contribution in [-0.4, -0.2) is 29.2 Å². The first-order chi connectivity index (χ1) is 9.36. The van der Waals surface area contributed by atoms with Crippen LogP contribution in [0.4, 0.5) is 5.95 Å². The first kappa shape index (κ1) is 12.4. The SMILES string of the molecule is CCC1OCCC1CNc1ncc2ccccc2n1. The Hall–Kier alpha value is -1.68. The molecule has 3 rings (SSSR count). The fourth-order valence-electron chi connectivity index (χ4n) is 2.66. The van der Waals surface area contributed by atoms with Gasteiger partial charge < -0.3 is 10.1 Å². The molecule has 1 aliphatic rings. The topological polar surface area (TPSA) is 47.0 Å². The summed E-state index contributed by atoms with van der Waals surface area (Å²) in [5, 5.41) is 4.41. The summed E-state index contributed by atoms with van der Waals surface area (Å²) in [5.41, 5.74) is 0.981. The molecule has 2 unspecified atom stereocenters. The molecule has 0 spiro atoms. The van der Waals surface area contributed by atoms with Crippen LogP contribution in [0, 0.1) is 5.92 Å². The van der Waals surface area contributed by atoms with Crippen molar-refractivity contribution in [3.63, 3.8) is 0 Å². The van der Waals surface area contributed by atoms with Crippen molar-refractivity contribution in [2.45, 2.75) is 25.9 Å². The van der Waals surface area contributed by atoms with E-state index < -0.39 is 0 Å². The van der Waals surface area contributed by atoms with Crippen molar-refractivity contribution in [3.05, 3.63) is 30.5 Å². The molecule has 0 amide bonds. The molecule has 19 heavy (non-hydrogen) atoms. The Kier molecular flexibility index (Phi) is 3.60. The van der Waals surface area contributed by atoms with Crippen molar-refractivity contribution in [2.24, 2.45) is 5.92 Å². The lowest BCUT2D eigenvalue weighted by Crippen LogP contribution is -2.23. The molecule has 100 valence electrons. The summed E-state index contributed by atoms with van der Waals surface area (Å²) in [6, 6.07) is 8.03. The summed E-state index contributed by atoms with van der Waals surface area (Å²) in [5.74, 6) is 1.28. The molecule has 1 aromatic heterocycles. The second-order valence-electron chi connectivity index (χ2n) is 5.00. The van der Waals surface area contributed by atoms with Gasteiger partial charge >= 0.3 is 0 Å². The van der Waals surface area contributed by atoms with E-state index in [-0.39, 0.29) is 0 Å². The number of fused-ring (bicyclic) bond motifs is 1. The Morgan fingerprint density at radius 3 is 3.16 bits per heavy atom. The molecule has 2 aromatic rings. The maximum absolute atomic E-state index is 5.69. The van der Waals surface area contributed by atoms with Gasteiger partial charge in [-0.05, 0) is 18.9 Å². The number of aromatic nitrogens is 2. The lowest BCUT2D eigenvalue weighted by atomic mass is 10.00. The summed E-state index contributed by atoms with van der Waals surface area (Å²) >= 11 is 0. The van der Waals surface area contributed by atoms with Crippen molar-refractivity contribution >= 4 is 16.9 Å². The van der Waals surface area contributed by atoms with E-state index in [0.29, 0.717) is 18.0 Å². The number of nitrogens with one attached hydrogen (secondary N) is 1. The Morgan fingerprint density at radius 1 is 1.37 bits per heavy atom. The zero-order valence-corrected chi connectivity index (χ0v) is 11.2. The van der Waals surface area contributed by atoms with E-state index in [1.54, 1.807) is 0 Å². The molecule has 0 bridgehead atoms. The Labute approximate surface area is 113 Å². The molecule has 0 radical (unpaired) electrons. The highest BCUT2D eigenvalue weighted by Crippen LogP contribution is 2.23. The van der Waals surface area contributed by atoms with Gasteiger partial charge in [0.15, 0.2) is 0 Å². The van der Waals surface area contributed by atoms with Crippen LogP contribution >= 0.6 is 0 Å². The molecule has 1 N–H and O–H groups in total. The fourth-order valence-corrected chi connectivity index (χ4v) is 2.66. The second kappa shape index (κ2) is 5.53. The maximum Gasteiger partial charge on any atom is 0.223 e. The van der Waals surface area contributed by atoms with Gasteiger partial charge in [-0.3, -0.25) is 0 Å². The number of benzene rings is 1. The van der Waals surface area contributed by atoms with Gasteiger partial charge in [0.05, 0.1) is 11.6 Å². The van der Waals surface area contributed by atoms with Gasteiger partial charge in [-0.1, -0.05) is 25.1 Å². The molecule has 2 atom stereocenters. The summed E-state index contributed by atoms with van der Waals surface area (Å²) < 4.78 is 5.69. The average Bonchev–Trinajstić information content (AvgIpc) is 2.92. The Morgan fingerprint density at radius 2 is 2.26 bits per heavy atom. The van der Waals surface area contributed by atoms with Crippen molar-refractivity contribution in [1.29, 1.82) is 0 Å². The van der Waals surface area contributed by atoms with E-state index in [1.165, 1.54) is 0 Å².